The monoisotopic (exact) mass is 209 g/mol. The van der Waals surface area contributed by atoms with E-state index >= 15 is 0 Å². The predicted molar refractivity (Wildman–Crippen MR) is 57.5 cm³/mol. The molecule has 2 unspecified atom stereocenters. The zero-order valence-corrected chi connectivity index (χ0v) is 8.87. The molecule has 0 bridgehead atoms. The minimum atomic E-state index is -0.251. The Morgan fingerprint density at radius 1 is 1.53 bits per heavy atom. The molecule has 1 aliphatic rings. The lowest BCUT2D eigenvalue weighted by atomic mass is 9.89. The van der Waals surface area contributed by atoms with Crippen LogP contribution < -0.4 is 10.5 Å². The van der Waals surface area contributed by atoms with Crippen molar-refractivity contribution in [3.05, 3.63) is 29.6 Å². The van der Waals surface area contributed by atoms with Gasteiger partial charge in [-0.25, -0.2) is 4.39 Å². The maximum absolute atomic E-state index is 13.0. The van der Waals surface area contributed by atoms with Crippen molar-refractivity contribution in [2.75, 3.05) is 6.61 Å². The van der Waals surface area contributed by atoms with Crippen molar-refractivity contribution in [1.29, 1.82) is 0 Å². The SMILES string of the molecule is CC(N)C1CCCOc2cc(F)ccc21. The molecule has 2 nitrogen and oxygen atoms in total. The van der Waals surface area contributed by atoms with E-state index in [0.717, 1.165) is 18.4 Å². The smallest absolute Gasteiger partial charge is 0.126 e. The van der Waals surface area contributed by atoms with Crippen LogP contribution in [0.15, 0.2) is 18.2 Å². The lowest BCUT2D eigenvalue weighted by molar-refractivity contribution is 0.314. The number of ether oxygens (including phenoxy) is 1. The van der Waals surface area contributed by atoms with E-state index in [1.165, 1.54) is 12.1 Å². The summed E-state index contributed by atoms with van der Waals surface area (Å²) in [6, 6.07) is 4.80. The van der Waals surface area contributed by atoms with E-state index in [1.807, 2.05) is 6.92 Å². The molecule has 1 aromatic rings. The molecule has 1 heterocycles. The summed E-state index contributed by atoms with van der Waals surface area (Å²) >= 11 is 0. The number of benzene rings is 1. The first-order valence-corrected chi connectivity index (χ1v) is 5.36. The summed E-state index contributed by atoms with van der Waals surface area (Å²) in [4.78, 5) is 0. The van der Waals surface area contributed by atoms with Gasteiger partial charge in [0, 0.05) is 18.0 Å². The number of nitrogens with two attached hydrogens (primary N) is 1. The van der Waals surface area contributed by atoms with E-state index in [0.29, 0.717) is 12.4 Å². The summed E-state index contributed by atoms with van der Waals surface area (Å²) in [5.74, 6) is 0.692. The van der Waals surface area contributed by atoms with Crippen molar-refractivity contribution in [3.63, 3.8) is 0 Å². The van der Waals surface area contributed by atoms with Gasteiger partial charge in [0.1, 0.15) is 11.6 Å². The maximum Gasteiger partial charge on any atom is 0.126 e. The third-order valence-corrected chi connectivity index (χ3v) is 2.93. The van der Waals surface area contributed by atoms with E-state index in [1.54, 1.807) is 6.07 Å². The first-order valence-electron chi connectivity index (χ1n) is 5.36. The second-order valence-electron chi connectivity index (χ2n) is 4.14. The Morgan fingerprint density at radius 3 is 3.07 bits per heavy atom. The Labute approximate surface area is 89.2 Å². The van der Waals surface area contributed by atoms with Crippen molar-refractivity contribution >= 4 is 0 Å². The number of hydrogen-bond donors (Lipinski definition) is 1. The van der Waals surface area contributed by atoms with Crippen molar-refractivity contribution in [2.45, 2.75) is 31.7 Å². The van der Waals surface area contributed by atoms with Gasteiger partial charge in [-0.05, 0) is 31.4 Å². The quantitative estimate of drug-likeness (QED) is 0.771. The van der Waals surface area contributed by atoms with Crippen LogP contribution >= 0.6 is 0 Å². The van der Waals surface area contributed by atoms with Crippen LogP contribution in [-0.4, -0.2) is 12.6 Å². The van der Waals surface area contributed by atoms with Crippen LogP contribution in [0.3, 0.4) is 0 Å². The highest BCUT2D eigenvalue weighted by molar-refractivity contribution is 5.38. The second-order valence-corrected chi connectivity index (χ2v) is 4.14. The van der Waals surface area contributed by atoms with Gasteiger partial charge in [-0.1, -0.05) is 6.07 Å². The summed E-state index contributed by atoms with van der Waals surface area (Å²) < 4.78 is 18.6. The minimum absolute atomic E-state index is 0.0795. The first-order chi connectivity index (χ1) is 7.18. The van der Waals surface area contributed by atoms with Gasteiger partial charge in [0.25, 0.3) is 0 Å². The van der Waals surface area contributed by atoms with Crippen LogP contribution in [-0.2, 0) is 0 Å². The molecule has 2 atom stereocenters. The highest BCUT2D eigenvalue weighted by atomic mass is 19.1. The van der Waals surface area contributed by atoms with Crippen molar-refractivity contribution < 1.29 is 9.13 Å². The molecule has 0 spiro atoms. The molecule has 0 aliphatic carbocycles. The van der Waals surface area contributed by atoms with Gasteiger partial charge >= 0.3 is 0 Å². The van der Waals surface area contributed by atoms with Gasteiger partial charge in [0.2, 0.25) is 0 Å². The number of rotatable bonds is 1. The van der Waals surface area contributed by atoms with Crippen LogP contribution in [0.2, 0.25) is 0 Å². The van der Waals surface area contributed by atoms with Gasteiger partial charge in [-0.3, -0.25) is 0 Å². The standard InChI is InChI=1S/C12H16FNO/c1-8(14)10-3-2-6-15-12-7-9(13)4-5-11(10)12/h4-5,7-8,10H,2-3,6,14H2,1H3. The van der Waals surface area contributed by atoms with Gasteiger partial charge < -0.3 is 10.5 Å². The zero-order chi connectivity index (χ0) is 10.8. The molecule has 1 aliphatic heterocycles. The summed E-state index contributed by atoms with van der Waals surface area (Å²) in [6.45, 7) is 2.64. The molecule has 0 aromatic heterocycles. The Hall–Kier alpha value is -1.09. The molecule has 1 aromatic carbocycles. The Balaban J connectivity index is 2.40. The third-order valence-electron chi connectivity index (χ3n) is 2.93. The molecular formula is C12H16FNO. The molecule has 0 saturated carbocycles. The lowest BCUT2D eigenvalue weighted by Gasteiger charge is -2.20. The lowest BCUT2D eigenvalue weighted by Crippen LogP contribution is -2.24. The van der Waals surface area contributed by atoms with Crippen molar-refractivity contribution in [3.8, 4) is 5.75 Å². The van der Waals surface area contributed by atoms with Crippen LogP contribution in [0.5, 0.6) is 5.75 Å². The predicted octanol–water partition coefficient (Wildman–Crippen LogP) is 2.43. The van der Waals surface area contributed by atoms with Crippen molar-refractivity contribution in [2.24, 2.45) is 5.73 Å². The Bertz CT molecular complexity index is 351. The fourth-order valence-electron chi connectivity index (χ4n) is 2.13. The second kappa shape index (κ2) is 4.19. The maximum atomic E-state index is 13.0. The van der Waals surface area contributed by atoms with Crippen molar-refractivity contribution in [1.82, 2.24) is 0 Å². The van der Waals surface area contributed by atoms with Gasteiger partial charge in [0.05, 0.1) is 6.61 Å². The summed E-state index contributed by atoms with van der Waals surface area (Å²) in [5.41, 5.74) is 6.99. The fourth-order valence-corrected chi connectivity index (χ4v) is 2.13. The van der Waals surface area contributed by atoms with E-state index in [4.69, 9.17) is 10.5 Å². The Morgan fingerprint density at radius 2 is 2.33 bits per heavy atom. The molecule has 2 rings (SSSR count). The zero-order valence-electron chi connectivity index (χ0n) is 8.87. The summed E-state index contributed by atoms with van der Waals surface area (Å²) in [7, 11) is 0. The minimum Gasteiger partial charge on any atom is -0.493 e. The molecular weight excluding hydrogens is 193 g/mol. The van der Waals surface area contributed by atoms with Crippen LogP contribution in [0.25, 0.3) is 0 Å². The average molecular weight is 209 g/mol. The van der Waals surface area contributed by atoms with Gasteiger partial charge in [-0.2, -0.15) is 0 Å². The van der Waals surface area contributed by atoms with Gasteiger partial charge in [0.15, 0.2) is 0 Å². The molecule has 0 saturated heterocycles. The number of halogens is 1. The molecule has 82 valence electrons. The van der Waals surface area contributed by atoms with E-state index in [2.05, 4.69) is 0 Å². The number of hydrogen-bond acceptors (Lipinski definition) is 2. The van der Waals surface area contributed by atoms with Gasteiger partial charge in [-0.15, -0.1) is 0 Å². The number of fused-ring (bicyclic) bond motifs is 1. The summed E-state index contributed by atoms with van der Waals surface area (Å²) in [6.07, 6.45) is 1.98. The first kappa shape index (κ1) is 10.4. The molecule has 3 heteroatoms. The normalized spacial score (nSPS) is 22.5. The Kier molecular flexibility index (Phi) is 2.91. The largest absolute Gasteiger partial charge is 0.493 e. The molecule has 2 N–H and O–H groups in total. The van der Waals surface area contributed by atoms with Crippen LogP contribution in [0, 0.1) is 5.82 Å². The molecule has 0 fully saturated rings. The topological polar surface area (TPSA) is 35.2 Å². The van der Waals surface area contributed by atoms with Crippen LogP contribution in [0.1, 0.15) is 31.2 Å². The average Bonchev–Trinajstić information content (AvgIpc) is 2.38. The van der Waals surface area contributed by atoms with E-state index < -0.39 is 0 Å². The highest BCUT2D eigenvalue weighted by Crippen LogP contribution is 2.34. The summed E-state index contributed by atoms with van der Waals surface area (Å²) in [5, 5.41) is 0. The van der Waals surface area contributed by atoms with Crippen LogP contribution in [0.4, 0.5) is 4.39 Å². The molecule has 0 amide bonds. The molecule has 0 radical (unpaired) electrons. The third kappa shape index (κ3) is 2.12. The van der Waals surface area contributed by atoms with E-state index in [-0.39, 0.29) is 17.8 Å². The highest BCUT2D eigenvalue weighted by Gasteiger charge is 2.22. The molecule has 15 heavy (non-hydrogen) atoms. The van der Waals surface area contributed by atoms with E-state index in [9.17, 15) is 4.39 Å². The fraction of sp³-hybridized carbons (Fsp3) is 0.500.